The van der Waals surface area contributed by atoms with E-state index < -0.39 is 5.91 Å². The second kappa shape index (κ2) is 7.72. The van der Waals surface area contributed by atoms with Crippen molar-refractivity contribution < 1.29 is 14.3 Å². The highest BCUT2D eigenvalue weighted by molar-refractivity contribution is 5.95. The van der Waals surface area contributed by atoms with Gasteiger partial charge in [-0.15, -0.1) is 0 Å². The van der Waals surface area contributed by atoms with E-state index in [1.807, 2.05) is 6.92 Å². The monoisotopic (exact) mass is 281 g/mol. The molecule has 0 aliphatic carbocycles. The van der Waals surface area contributed by atoms with E-state index in [0.29, 0.717) is 31.0 Å². The number of rotatable bonds is 8. The lowest BCUT2D eigenvalue weighted by molar-refractivity contribution is 0.100. The van der Waals surface area contributed by atoms with Crippen LogP contribution in [-0.2, 0) is 9.47 Å². The molecule has 4 N–H and O–H groups in total. The molecule has 0 radical (unpaired) electrons. The molecule has 1 aromatic rings. The predicted molar refractivity (Wildman–Crippen MR) is 79.9 cm³/mol. The Hall–Kier alpha value is -1.79. The first-order chi connectivity index (χ1) is 9.51. The van der Waals surface area contributed by atoms with Gasteiger partial charge in [0.1, 0.15) is 0 Å². The van der Waals surface area contributed by atoms with Crippen molar-refractivity contribution in [1.29, 1.82) is 0 Å². The van der Waals surface area contributed by atoms with Gasteiger partial charge in [0.05, 0.1) is 24.6 Å². The molecule has 1 aromatic carbocycles. The third-order valence-corrected chi connectivity index (χ3v) is 3.10. The van der Waals surface area contributed by atoms with Gasteiger partial charge in [0, 0.05) is 32.4 Å². The molecule has 6 heteroatoms. The quantitative estimate of drug-likeness (QED) is 0.689. The SMILES string of the molecule is COCCN(c1cc(C(N)=O)ccc1N)C(C)COC. The van der Waals surface area contributed by atoms with Gasteiger partial charge in [0.2, 0.25) is 5.91 Å². The summed E-state index contributed by atoms with van der Waals surface area (Å²) in [7, 11) is 3.29. The molecule has 0 bridgehead atoms. The largest absolute Gasteiger partial charge is 0.397 e. The maximum atomic E-state index is 11.3. The number of anilines is 2. The van der Waals surface area contributed by atoms with Gasteiger partial charge < -0.3 is 25.8 Å². The van der Waals surface area contributed by atoms with Crippen molar-refractivity contribution in [2.45, 2.75) is 13.0 Å². The van der Waals surface area contributed by atoms with Crippen LogP contribution in [-0.4, -0.2) is 45.9 Å². The Morgan fingerprint density at radius 3 is 2.60 bits per heavy atom. The number of benzene rings is 1. The highest BCUT2D eigenvalue weighted by atomic mass is 16.5. The summed E-state index contributed by atoms with van der Waals surface area (Å²) in [6.07, 6.45) is 0. The first kappa shape index (κ1) is 16.3. The van der Waals surface area contributed by atoms with Crippen LogP contribution in [0.1, 0.15) is 17.3 Å². The molecule has 6 nitrogen and oxygen atoms in total. The Balaban J connectivity index is 3.10. The molecule has 0 aliphatic heterocycles. The number of hydrogen-bond acceptors (Lipinski definition) is 5. The minimum Gasteiger partial charge on any atom is -0.397 e. The first-order valence-corrected chi connectivity index (χ1v) is 6.45. The van der Waals surface area contributed by atoms with Crippen LogP contribution in [0.2, 0.25) is 0 Å². The first-order valence-electron chi connectivity index (χ1n) is 6.45. The molecule has 0 saturated carbocycles. The number of nitrogens with zero attached hydrogens (tertiary/aromatic N) is 1. The Labute approximate surface area is 119 Å². The Kier molecular flexibility index (Phi) is 6.27. The summed E-state index contributed by atoms with van der Waals surface area (Å²) in [5, 5.41) is 0. The number of carbonyl (C=O) groups excluding carboxylic acids is 1. The number of ether oxygens (including phenoxy) is 2. The normalized spacial score (nSPS) is 12.2. The van der Waals surface area contributed by atoms with Crippen molar-refractivity contribution in [2.24, 2.45) is 5.73 Å². The summed E-state index contributed by atoms with van der Waals surface area (Å²) < 4.78 is 10.3. The highest BCUT2D eigenvalue weighted by Gasteiger charge is 2.18. The van der Waals surface area contributed by atoms with Crippen LogP contribution in [0.3, 0.4) is 0 Å². The van der Waals surface area contributed by atoms with Crippen molar-refractivity contribution in [1.82, 2.24) is 0 Å². The third-order valence-electron chi connectivity index (χ3n) is 3.10. The van der Waals surface area contributed by atoms with Crippen LogP contribution in [0.15, 0.2) is 18.2 Å². The zero-order chi connectivity index (χ0) is 15.1. The molecule has 1 atom stereocenters. The van der Waals surface area contributed by atoms with E-state index in [-0.39, 0.29) is 6.04 Å². The predicted octanol–water partition coefficient (Wildman–Crippen LogP) is 0.855. The fourth-order valence-electron chi connectivity index (χ4n) is 2.04. The molecule has 0 fully saturated rings. The van der Waals surface area contributed by atoms with E-state index in [1.165, 1.54) is 0 Å². The number of nitrogens with two attached hydrogens (primary N) is 2. The van der Waals surface area contributed by atoms with Gasteiger partial charge >= 0.3 is 0 Å². The lowest BCUT2D eigenvalue weighted by atomic mass is 10.1. The molecule has 0 heterocycles. The number of primary amides is 1. The van der Waals surface area contributed by atoms with Crippen molar-refractivity contribution in [3.05, 3.63) is 23.8 Å². The van der Waals surface area contributed by atoms with Crippen molar-refractivity contribution in [3.8, 4) is 0 Å². The molecule has 1 rings (SSSR count). The van der Waals surface area contributed by atoms with E-state index >= 15 is 0 Å². The summed E-state index contributed by atoms with van der Waals surface area (Å²) in [5.74, 6) is -0.475. The fourth-order valence-corrected chi connectivity index (χ4v) is 2.04. The van der Waals surface area contributed by atoms with Crippen LogP contribution in [0.25, 0.3) is 0 Å². The molecule has 1 unspecified atom stereocenters. The third kappa shape index (κ3) is 4.11. The Morgan fingerprint density at radius 1 is 1.35 bits per heavy atom. The van der Waals surface area contributed by atoms with Gasteiger partial charge in [-0.05, 0) is 25.1 Å². The maximum absolute atomic E-state index is 11.3. The van der Waals surface area contributed by atoms with Gasteiger partial charge in [0.15, 0.2) is 0 Å². The standard InChI is InChI=1S/C14H23N3O3/c1-10(9-20-3)17(6-7-19-2)13-8-11(14(16)18)4-5-12(13)15/h4-5,8,10H,6-7,9,15H2,1-3H3,(H2,16,18). The summed E-state index contributed by atoms with van der Waals surface area (Å²) in [5.41, 5.74) is 13.1. The maximum Gasteiger partial charge on any atom is 0.248 e. The zero-order valence-corrected chi connectivity index (χ0v) is 12.3. The number of hydrogen-bond donors (Lipinski definition) is 2. The summed E-state index contributed by atoms with van der Waals surface area (Å²) in [6.45, 7) is 3.77. The summed E-state index contributed by atoms with van der Waals surface area (Å²) in [6, 6.07) is 5.12. The van der Waals surface area contributed by atoms with Crippen LogP contribution in [0.4, 0.5) is 11.4 Å². The van der Waals surface area contributed by atoms with E-state index in [0.717, 1.165) is 5.69 Å². The van der Waals surface area contributed by atoms with E-state index in [4.69, 9.17) is 20.9 Å². The van der Waals surface area contributed by atoms with E-state index in [2.05, 4.69) is 4.90 Å². The van der Waals surface area contributed by atoms with E-state index in [9.17, 15) is 4.79 Å². The number of methoxy groups -OCH3 is 2. The van der Waals surface area contributed by atoms with Gasteiger partial charge in [-0.25, -0.2) is 0 Å². The second-order valence-corrected chi connectivity index (χ2v) is 4.63. The Bertz CT molecular complexity index is 451. The van der Waals surface area contributed by atoms with Gasteiger partial charge in [-0.3, -0.25) is 4.79 Å². The minimum atomic E-state index is -0.475. The summed E-state index contributed by atoms with van der Waals surface area (Å²) >= 11 is 0. The van der Waals surface area contributed by atoms with Crippen molar-refractivity contribution in [2.75, 3.05) is 44.6 Å². The summed E-state index contributed by atoms with van der Waals surface area (Å²) in [4.78, 5) is 13.4. The smallest absolute Gasteiger partial charge is 0.248 e. The van der Waals surface area contributed by atoms with Crippen molar-refractivity contribution in [3.63, 3.8) is 0 Å². The molecule has 0 aromatic heterocycles. The molecule has 0 saturated heterocycles. The zero-order valence-electron chi connectivity index (χ0n) is 12.3. The fraction of sp³-hybridized carbons (Fsp3) is 0.500. The molecule has 20 heavy (non-hydrogen) atoms. The molecule has 0 spiro atoms. The van der Waals surface area contributed by atoms with Crippen LogP contribution in [0.5, 0.6) is 0 Å². The van der Waals surface area contributed by atoms with Crippen molar-refractivity contribution >= 4 is 17.3 Å². The molecule has 0 aliphatic rings. The number of amides is 1. The van der Waals surface area contributed by atoms with Crippen LogP contribution in [0, 0.1) is 0 Å². The van der Waals surface area contributed by atoms with Gasteiger partial charge in [-0.2, -0.15) is 0 Å². The second-order valence-electron chi connectivity index (χ2n) is 4.63. The van der Waals surface area contributed by atoms with Crippen LogP contribution >= 0.6 is 0 Å². The molecule has 112 valence electrons. The highest BCUT2D eigenvalue weighted by Crippen LogP contribution is 2.26. The average Bonchev–Trinajstić information content (AvgIpc) is 2.41. The molecule has 1 amide bonds. The van der Waals surface area contributed by atoms with Gasteiger partial charge in [0.25, 0.3) is 0 Å². The van der Waals surface area contributed by atoms with Gasteiger partial charge in [-0.1, -0.05) is 0 Å². The molecular weight excluding hydrogens is 258 g/mol. The van der Waals surface area contributed by atoms with Crippen LogP contribution < -0.4 is 16.4 Å². The number of nitrogen functional groups attached to an aromatic ring is 1. The topological polar surface area (TPSA) is 90.8 Å². The molecular formula is C14H23N3O3. The average molecular weight is 281 g/mol. The lowest BCUT2D eigenvalue weighted by Gasteiger charge is -2.32. The Morgan fingerprint density at radius 2 is 2.05 bits per heavy atom. The van der Waals surface area contributed by atoms with E-state index in [1.54, 1.807) is 32.4 Å². The minimum absolute atomic E-state index is 0.0978. The lowest BCUT2D eigenvalue weighted by Crippen LogP contribution is -2.39. The number of carbonyl (C=O) groups is 1.